The number of aliphatic hydroxyl groups is 4. The maximum Gasteiger partial charge on any atom is 0.335 e. The first-order chi connectivity index (χ1) is 17.4. The van der Waals surface area contributed by atoms with Crippen LogP contribution in [-0.2, 0) is 20.7 Å². The first-order valence-electron chi connectivity index (χ1n) is 12.3. The lowest BCUT2D eigenvalue weighted by Gasteiger charge is -2.44. The maximum absolute atomic E-state index is 12.4. The van der Waals surface area contributed by atoms with E-state index in [9.17, 15) is 25.2 Å². The second-order valence-electron chi connectivity index (χ2n) is 9.94. The molecular formula is C26H32N2O9. The highest BCUT2D eigenvalue weighted by Crippen LogP contribution is 2.47. The van der Waals surface area contributed by atoms with Crippen LogP contribution in [-0.4, -0.2) is 92.2 Å². The third-order valence-corrected chi connectivity index (χ3v) is 8.01. The molecule has 7 N–H and O–H groups in total. The Morgan fingerprint density at radius 2 is 2.03 bits per heavy atom. The molecule has 200 valence electrons. The van der Waals surface area contributed by atoms with E-state index in [1.54, 1.807) is 6.07 Å². The number of carbonyl (C=O) groups is 1. The maximum atomic E-state index is 12.4. The molecule has 4 aliphatic rings. The molecular weight excluding hydrogens is 484 g/mol. The van der Waals surface area contributed by atoms with E-state index in [1.807, 2.05) is 24.4 Å². The van der Waals surface area contributed by atoms with Gasteiger partial charge in [-0.15, -0.1) is 6.58 Å². The highest BCUT2D eigenvalue weighted by Gasteiger charge is 2.46. The van der Waals surface area contributed by atoms with Gasteiger partial charge in [0.15, 0.2) is 0 Å². The summed E-state index contributed by atoms with van der Waals surface area (Å²) in [5, 5.41) is 41.1. The van der Waals surface area contributed by atoms with Crippen LogP contribution in [0.5, 0.6) is 5.75 Å². The molecule has 0 saturated carbocycles. The van der Waals surface area contributed by atoms with Crippen LogP contribution in [0.2, 0.25) is 0 Å². The monoisotopic (exact) mass is 516 g/mol. The van der Waals surface area contributed by atoms with Crippen LogP contribution in [0.4, 0.5) is 0 Å². The van der Waals surface area contributed by atoms with Gasteiger partial charge in [-0.3, -0.25) is 0 Å². The van der Waals surface area contributed by atoms with Crippen molar-refractivity contribution in [2.24, 2.45) is 11.8 Å². The number of aromatic nitrogens is 1. The molecule has 1 aromatic heterocycles. The van der Waals surface area contributed by atoms with Gasteiger partial charge in [-0.1, -0.05) is 12.1 Å². The van der Waals surface area contributed by atoms with E-state index in [2.05, 4.69) is 16.5 Å². The van der Waals surface area contributed by atoms with Crippen LogP contribution in [0.3, 0.4) is 0 Å². The highest BCUT2D eigenvalue weighted by atomic mass is 16.7. The number of ether oxygens (including phenoxy) is 3. The van der Waals surface area contributed by atoms with Gasteiger partial charge in [-0.05, 0) is 30.5 Å². The van der Waals surface area contributed by atoms with Gasteiger partial charge >= 0.3 is 5.97 Å². The lowest BCUT2D eigenvalue weighted by atomic mass is 9.76. The Morgan fingerprint density at radius 1 is 1.22 bits per heavy atom. The van der Waals surface area contributed by atoms with E-state index in [0.29, 0.717) is 30.9 Å². The molecule has 2 aromatic rings. The van der Waals surface area contributed by atoms with Crippen molar-refractivity contribution in [3.8, 4) is 5.75 Å². The van der Waals surface area contributed by atoms with E-state index in [0.717, 1.165) is 28.6 Å². The molecule has 11 heteroatoms. The van der Waals surface area contributed by atoms with Gasteiger partial charge < -0.3 is 50.0 Å². The fourth-order valence-electron chi connectivity index (χ4n) is 6.06. The second-order valence-corrected chi connectivity index (χ2v) is 9.94. The Bertz CT molecular complexity index is 1220. The minimum Gasteiger partial charge on any atom is -0.462 e. The van der Waals surface area contributed by atoms with Crippen molar-refractivity contribution in [2.45, 2.75) is 49.6 Å². The van der Waals surface area contributed by atoms with Crippen LogP contribution in [0, 0.1) is 11.8 Å². The molecule has 0 amide bonds. The number of esters is 1. The van der Waals surface area contributed by atoms with Gasteiger partial charge in [-0.2, -0.15) is 0 Å². The highest BCUT2D eigenvalue weighted by molar-refractivity contribution is 5.92. The van der Waals surface area contributed by atoms with Gasteiger partial charge in [0, 0.05) is 41.2 Å². The van der Waals surface area contributed by atoms with Gasteiger partial charge in [0.2, 0.25) is 6.29 Å². The quantitative estimate of drug-likeness (QED) is 0.269. The van der Waals surface area contributed by atoms with Crippen molar-refractivity contribution in [2.75, 3.05) is 19.8 Å². The van der Waals surface area contributed by atoms with Gasteiger partial charge in [0.1, 0.15) is 30.2 Å². The van der Waals surface area contributed by atoms with Crippen molar-refractivity contribution in [3.05, 3.63) is 53.9 Å². The smallest absolute Gasteiger partial charge is 0.335 e. The number of nitrogens with zero attached hydrogens (tertiary/aromatic N) is 1. The number of hydrogen-bond donors (Lipinski definition) is 5. The van der Waals surface area contributed by atoms with E-state index in [4.69, 9.17) is 14.2 Å². The lowest BCUT2D eigenvalue weighted by molar-refractivity contribution is -0.277. The number of rotatable bonds is 4. The zero-order valence-corrected chi connectivity index (χ0v) is 20.1. The summed E-state index contributed by atoms with van der Waals surface area (Å²) in [6.45, 7) is 4.47. The summed E-state index contributed by atoms with van der Waals surface area (Å²) in [4.78, 5) is 18.2. The van der Waals surface area contributed by atoms with Crippen LogP contribution >= 0.6 is 0 Å². The fraction of sp³-hybridized carbons (Fsp3) is 0.500. The number of H-pyrrole nitrogens is 1. The molecule has 0 unspecified atom stereocenters. The molecule has 37 heavy (non-hydrogen) atoms. The zero-order chi connectivity index (χ0) is 25.1. The van der Waals surface area contributed by atoms with Crippen molar-refractivity contribution < 1.29 is 44.9 Å². The third kappa shape index (κ3) is 4.02. The molecule has 1 aromatic carbocycles. The summed E-state index contributed by atoms with van der Waals surface area (Å²) in [5.74, 6) is 0.317. The molecule has 11 nitrogen and oxygen atoms in total. The van der Waals surface area contributed by atoms with Gasteiger partial charge in [-0.25, -0.2) is 4.79 Å². The van der Waals surface area contributed by atoms with Crippen molar-refractivity contribution >= 4 is 16.9 Å². The number of fused-ring (bicyclic) bond motifs is 6. The number of aliphatic hydroxyl groups excluding tert-OH is 4. The molecule has 4 aliphatic heterocycles. The summed E-state index contributed by atoms with van der Waals surface area (Å²) in [7, 11) is 0. The minimum atomic E-state index is -1.52. The number of aromatic amines is 1. The summed E-state index contributed by atoms with van der Waals surface area (Å²) >= 11 is 0. The first kappa shape index (κ1) is 25.7. The largest absolute Gasteiger partial charge is 0.462 e. The minimum absolute atomic E-state index is 0. The molecule has 2 saturated heterocycles. The summed E-state index contributed by atoms with van der Waals surface area (Å²) in [6.07, 6.45) is -1.52. The Morgan fingerprint density at radius 3 is 2.78 bits per heavy atom. The topological polar surface area (TPSA) is 176 Å². The molecule has 6 rings (SSSR count). The Balaban J connectivity index is 0.00000280. The standard InChI is InChI=1S/C26H30N2O8.H2O/c1-2-12-11-34-25(33)15-9-28-7-6-13-20-16(27-21(13)17(28)8-14(12)15)4-3-5-18(20)35-26-24(32)23(31)22(30)19(10-29)36-26;/h2-5,9,12,14,17,19,22-24,26-27,29-32H,1,6-8,10-11H2;1H2/t12-,14-,17-,19+,22+,23-,24+,26+;/m0./s1. The van der Waals surface area contributed by atoms with E-state index in [-0.39, 0.29) is 29.3 Å². The summed E-state index contributed by atoms with van der Waals surface area (Å²) < 4.78 is 17.0. The van der Waals surface area contributed by atoms with Gasteiger partial charge in [0.05, 0.1) is 24.8 Å². The normalized spacial score (nSPS) is 34.9. The van der Waals surface area contributed by atoms with Crippen molar-refractivity contribution in [1.29, 1.82) is 0 Å². The van der Waals surface area contributed by atoms with E-state index in [1.165, 1.54) is 0 Å². The molecule has 5 heterocycles. The number of nitrogens with one attached hydrogen (secondary N) is 1. The summed E-state index contributed by atoms with van der Waals surface area (Å²) in [6, 6.07) is 5.59. The second kappa shape index (κ2) is 9.75. The number of carbonyl (C=O) groups excluding carboxylic acids is 1. The molecule has 0 radical (unpaired) electrons. The first-order valence-corrected chi connectivity index (χ1v) is 12.3. The average molecular weight is 517 g/mol. The Labute approximate surface area is 212 Å². The van der Waals surface area contributed by atoms with Crippen LogP contribution < -0.4 is 4.74 Å². The van der Waals surface area contributed by atoms with Crippen molar-refractivity contribution in [1.82, 2.24) is 9.88 Å². The molecule has 2 fully saturated rings. The van der Waals surface area contributed by atoms with Crippen LogP contribution in [0.1, 0.15) is 23.7 Å². The molecule has 0 aliphatic carbocycles. The van der Waals surface area contributed by atoms with Gasteiger partial charge in [0.25, 0.3) is 0 Å². The van der Waals surface area contributed by atoms with Crippen LogP contribution in [0.25, 0.3) is 10.9 Å². The predicted molar refractivity (Wildman–Crippen MR) is 130 cm³/mol. The van der Waals surface area contributed by atoms with Crippen molar-refractivity contribution in [3.63, 3.8) is 0 Å². The number of benzene rings is 1. The lowest BCUT2D eigenvalue weighted by Crippen LogP contribution is -2.60. The van der Waals surface area contributed by atoms with E-state index < -0.39 is 37.3 Å². The van der Waals surface area contributed by atoms with Crippen LogP contribution in [0.15, 0.2) is 42.6 Å². The van der Waals surface area contributed by atoms with E-state index >= 15 is 0 Å². The summed E-state index contributed by atoms with van der Waals surface area (Å²) in [5.41, 5.74) is 3.71. The molecule has 8 atom stereocenters. The number of hydrogen-bond acceptors (Lipinski definition) is 9. The fourth-order valence-corrected chi connectivity index (χ4v) is 6.06. The predicted octanol–water partition coefficient (Wildman–Crippen LogP) is -0.316. The SMILES string of the molecule is C=C[C@H]1COC(=O)C2=CN3CCc4c([nH]c5cccc(O[C@@H]6O[C@H](CO)[C@@H](O)[C@H](O)[C@H]6O)c45)[C@@H]3C[C@H]21.O. The third-order valence-electron chi connectivity index (χ3n) is 8.01. The molecule has 0 spiro atoms. The number of cyclic esters (lactones) is 1. The Kier molecular flexibility index (Phi) is 6.77. The average Bonchev–Trinajstić information content (AvgIpc) is 3.28. The molecule has 0 bridgehead atoms. The Hall–Kier alpha value is -2.93. The zero-order valence-electron chi connectivity index (χ0n) is 20.1.